The fourth-order valence-electron chi connectivity index (χ4n) is 0.578. The molecule has 0 saturated heterocycles. The van der Waals surface area contributed by atoms with Crippen LogP contribution in [0.3, 0.4) is 0 Å². The molecule has 13 heavy (non-hydrogen) atoms. The van der Waals surface area contributed by atoms with Gasteiger partial charge >= 0.3 is 6.09 Å². The molecule has 0 aliphatic carbocycles. The number of alkyl halides is 1. The van der Waals surface area contributed by atoms with Gasteiger partial charge in [-0.15, -0.1) is 18.2 Å². The third-order valence-corrected chi connectivity index (χ3v) is 1.43. The standard InChI is InChI=1S/C9H16ClNO2/c1-5-7(10)6-11-8(12)13-9(2,3)4/h5,7H,1,6H2,2-4H3,(H,11,12). The molecular formula is C9H16ClNO2. The number of rotatable bonds is 3. The minimum absolute atomic E-state index is 0.257. The third-order valence-electron chi connectivity index (χ3n) is 1.10. The van der Waals surface area contributed by atoms with E-state index in [-0.39, 0.29) is 5.38 Å². The second kappa shape index (κ2) is 5.12. The highest BCUT2D eigenvalue weighted by Gasteiger charge is 2.15. The van der Waals surface area contributed by atoms with Crippen LogP contribution in [0.15, 0.2) is 12.7 Å². The number of amides is 1. The molecule has 0 saturated carbocycles. The van der Waals surface area contributed by atoms with E-state index in [1.165, 1.54) is 0 Å². The summed E-state index contributed by atoms with van der Waals surface area (Å²) < 4.78 is 4.99. The minimum Gasteiger partial charge on any atom is -0.444 e. The van der Waals surface area contributed by atoms with Crippen molar-refractivity contribution in [3.8, 4) is 0 Å². The monoisotopic (exact) mass is 205 g/mol. The van der Waals surface area contributed by atoms with Crippen LogP contribution in [0.1, 0.15) is 20.8 Å². The van der Waals surface area contributed by atoms with Gasteiger partial charge in [0, 0.05) is 6.54 Å². The van der Waals surface area contributed by atoms with Crippen LogP contribution < -0.4 is 5.32 Å². The van der Waals surface area contributed by atoms with Crippen molar-refractivity contribution in [3.63, 3.8) is 0 Å². The molecule has 76 valence electrons. The molecule has 1 atom stereocenters. The summed E-state index contributed by atoms with van der Waals surface area (Å²) in [6.45, 7) is 9.23. The molecule has 0 aromatic carbocycles. The van der Waals surface area contributed by atoms with Gasteiger partial charge in [0.05, 0.1) is 5.38 Å². The molecule has 1 amide bonds. The summed E-state index contributed by atoms with van der Waals surface area (Å²) in [6.07, 6.45) is 1.10. The average Bonchev–Trinajstić information content (AvgIpc) is 1.97. The van der Waals surface area contributed by atoms with Crippen LogP contribution in [0.4, 0.5) is 4.79 Å². The van der Waals surface area contributed by atoms with Crippen molar-refractivity contribution in [2.45, 2.75) is 31.7 Å². The van der Waals surface area contributed by atoms with E-state index in [0.29, 0.717) is 6.54 Å². The second-order valence-corrected chi connectivity index (χ2v) is 4.20. The lowest BCUT2D eigenvalue weighted by Gasteiger charge is -2.19. The first-order chi connectivity index (χ1) is 5.85. The molecule has 0 aromatic rings. The lowest BCUT2D eigenvalue weighted by molar-refractivity contribution is 0.0529. The Balaban J connectivity index is 3.70. The van der Waals surface area contributed by atoms with Crippen molar-refractivity contribution < 1.29 is 9.53 Å². The van der Waals surface area contributed by atoms with Crippen LogP contribution >= 0.6 is 11.6 Å². The van der Waals surface area contributed by atoms with E-state index in [1.54, 1.807) is 26.8 Å². The molecule has 0 spiro atoms. The summed E-state index contributed by atoms with van der Waals surface area (Å²) in [5.41, 5.74) is -0.472. The zero-order valence-electron chi connectivity index (χ0n) is 8.26. The van der Waals surface area contributed by atoms with E-state index >= 15 is 0 Å². The van der Waals surface area contributed by atoms with Gasteiger partial charge in [-0.1, -0.05) is 6.08 Å². The quantitative estimate of drug-likeness (QED) is 0.567. The topological polar surface area (TPSA) is 38.3 Å². The highest BCUT2D eigenvalue weighted by Crippen LogP contribution is 2.06. The Bertz CT molecular complexity index is 187. The number of carbonyl (C=O) groups excluding carboxylic acids is 1. The Morgan fingerprint density at radius 3 is 2.62 bits per heavy atom. The molecule has 3 nitrogen and oxygen atoms in total. The number of hydrogen-bond donors (Lipinski definition) is 1. The predicted molar refractivity (Wildman–Crippen MR) is 54.1 cm³/mol. The van der Waals surface area contributed by atoms with Gasteiger partial charge in [0.2, 0.25) is 0 Å². The van der Waals surface area contributed by atoms with Crippen molar-refractivity contribution in [1.82, 2.24) is 5.32 Å². The number of nitrogens with one attached hydrogen (secondary N) is 1. The number of alkyl carbamates (subject to hydrolysis) is 1. The zero-order valence-corrected chi connectivity index (χ0v) is 9.02. The van der Waals surface area contributed by atoms with Gasteiger partial charge in [0.25, 0.3) is 0 Å². The third kappa shape index (κ3) is 7.65. The maximum Gasteiger partial charge on any atom is 0.407 e. The smallest absolute Gasteiger partial charge is 0.407 e. The zero-order chi connectivity index (χ0) is 10.5. The lowest BCUT2D eigenvalue weighted by atomic mass is 10.2. The summed E-state index contributed by atoms with van der Waals surface area (Å²) in [7, 11) is 0. The molecule has 0 aliphatic heterocycles. The molecule has 0 radical (unpaired) electrons. The number of ether oxygens (including phenoxy) is 1. The van der Waals surface area contributed by atoms with E-state index in [1.807, 2.05) is 0 Å². The molecule has 4 heteroatoms. The van der Waals surface area contributed by atoms with Gasteiger partial charge in [-0.2, -0.15) is 0 Å². The molecule has 1 N–H and O–H groups in total. The van der Waals surface area contributed by atoms with Gasteiger partial charge in [-0.05, 0) is 20.8 Å². The van der Waals surface area contributed by atoms with E-state index in [2.05, 4.69) is 11.9 Å². The SMILES string of the molecule is C=CC(Cl)CNC(=O)OC(C)(C)C. The van der Waals surface area contributed by atoms with Crippen LogP contribution in [-0.2, 0) is 4.74 Å². The molecule has 0 aromatic heterocycles. The lowest BCUT2D eigenvalue weighted by Crippen LogP contribution is -2.35. The van der Waals surface area contributed by atoms with Gasteiger partial charge in [-0.25, -0.2) is 4.79 Å². The molecule has 0 bridgehead atoms. The number of carbonyl (C=O) groups is 1. The van der Waals surface area contributed by atoms with Crippen LogP contribution in [-0.4, -0.2) is 23.6 Å². The van der Waals surface area contributed by atoms with Crippen LogP contribution in [0.2, 0.25) is 0 Å². The van der Waals surface area contributed by atoms with Gasteiger partial charge in [0.15, 0.2) is 0 Å². The first-order valence-electron chi connectivity index (χ1n) is 4.08. The maximum atomic E-state index is 11.1. The highest BCUT2D eigenvalue weighted by atomic mass is 35.5. The number of halogens is 1. The molecule has 0 rings (SSSR count). The summed E-state index contributed by atoms with van der Waals surface area (Å²) in [5, 5.41) is 2.27. The van der Waals surface area contributed by atoms with Gasteiger partial charge in [-0.3, -0.25) is 0 Å². The average molecular weight is 206 g/mol. The van der Waals surface area contributed by atoms with Crippen LogP contribution in [0, 0.1) is 0 Å². The molecular weight excluding hydrogens is 190 g/mol. The molecule has 0 fully saturated rings. The maximum absolute atomic E-state index is 11.1. The summed E-state index contributed by atoms with van der Waals surface area (Å²) >= 11 is 5.69. The predicted octanol–water partition coefficient (Wildman–Crippen LogP) is 2.30. The Kier molecular flexibility index (Phi) is 4.85. The minimum atomic E-state index is -0.472. The highest BCUT2D eigenvalue weighted by molar-refractivity contribution is 6.22. The van der Waals surface area contributed by atoms with E-state index in [4.69, 9.17) is 16.3 Å². The van der Waals surface area contributed by atoms with Crippen LogP contribution in [0.5, 0.6) is 0 Å². The van der Waals surface area contributed by atoms with E-state index in [9.17, 15) is 4.79 Å². The summed E-state index contributed by atoms with van der Waals surface area (Å²) in [6, 6.07) is 0. The molecule has 0 heterocycles. The summed E-state index contributed by atoms with van der Waals surface area (Å²) in [5.74, 6) is 0. The van der Waals surface area contributed by atoms with E-state index < -0.39 is 11.7 Å². The normalized spacial score (nSPS) is 13.2. The van der Waals surface area contributed by atoms with Crippen LogP contribution in [0.25, 0.3) is 0 Å². The van der Waals surface area contributed by atoms with Crippen molar-refractivity contribution in [2.75, 3.05) is 6.54 Å². The fourth-order valence-corrected chi connectivity index (χ4v) is 0.655. The number of hydrogen-bond acceptors (Lipinski definition) is 2. The van der Waals surface area contributed by atoms with Gasteiger partial charge < -0.3 is 10.1 Å². The van der Waals surface area contributed by atoms with Gasteiger partial charge in [0.1, 0.15) is 5.60 Å². The largest absolute Gasteiger partial charge is 0.444 e. The van der Waals surface area contributed by atoms with E-state index in [0.717, 1.165) is 0 Å². The first kappa shape index (κ1) is 12.3. The molecule has 0 aliphatic rings. The van der Waals surface area contributed by atoms with Crippen molar-refractivity contribution >= 4 is 17.7 Å². The Labute approximate surface area is 84.1 Å². The van der Waals surface area contributed by atoms with Crippen molar-refractivity contribution in [1.29, 1.82) is 0 Å². The Morgan fingerprint density at radius 1 is 1.69 bits per heavy atom. The van der Waals surface area contributed by atoms with Crippen molar-refractivity contribution in [2.24, 2.45) is 0 Å². The summed E-state index contributed by atoms with van der Waals surface area (Å²) in [4.78, 5) is 11.1. The fraction of sp³-hybridized carbons (Fsp3) is 0.667. The Hall–Kier alpha value is -0.700. The second-order valence-electron chi connectivity index (χ2n) is 3.63. The molecule has 1 unspecified atom stereocenters. The van der Waals surface area contributed by atoms with Crippen molar-refractivity contribution in [3.05, 3.63) is 12.7 Å². The Morgan fingerprint density at radius 2 is 2.23 bits per heavy atom. The first-order valence-corrected chi connectivity index (χ1v) is 4.52.